The quantitative estimate of drug-likeness (QED) is 0.237. The van der Waals surface area contributed by atoms with E-state index in [1.165, 1.54) is 21.5 Å². The summed E-state index contributed by atoms with van der Waals surface area (Å²) < 4.78 is 18.5. The van der Waals surface area contributed by atoms with Crippen LogP contribution in [0.2, 0.25) is 0 Å². The van der Waals surface area contributed by atoms with Gasteiger partial charge in [-0.3, -0.25) is 4.39 Å². The van der Waals surface area contributed by atoms with E-state index in [-0.39, 0.29) is 6.67 Å². The van der Waals surface area contributed by atoms with Gasteiger partial charge < -0.3 is 4.74 Å². The van der Waals surface area contributed by atoms with Gasteiger partial charge in [0.05, 0.1) is 19.4 Å². The van der Waals surface area contributed by atoms with E-state index in [1.54, 1.807) is 0 Å². The molecule has 156 valence electrons. The van der Waals surface area contributed by atoms with Gasteiger partial charge in [0.1, 0.15) is 28.9 Å². The largest absolute Gasteiger partial charge is 0.493 e. The Hall–Kier alpha value is -2.96. The molecule has 1 nitrogen and oxygen atoms in total. The van der Waals surface area contributed by atoms with Crippen LogP contribution in [0.3, 0.4) is 0 Å². The third-order valence-corrected chi connectivity index (χ3v) is 9.82. The molecule has 0 fully saturated rings. The predicted octanol–water partition coefficient (Wildman–Crippen LogP) is 5.92. The van der Waals surface area contributed by atoms with E-state index in [4.69, 9.17) is 4.74 Å². The van der Waals surface area contributed by atoms with Crippen LogP contribution in [-0.2, 0) is 6.16 Å². The molecule has 0 saturated heterocycles. The van der Waals surface area contributed by atoms with E-state index in [9.17, 15) is 4.39 Å². The lowest BCUT2D eigenvalue weighted by molar-refractivity contribution is 0.290. The summed E-state index contributed by atoms with van der Waals surface area (Å²) in [5.41, 5.74) is 1.31. The molecule has 0 aliphatic heterocycles. The Morgan fingerprint density at radius 2 is 1.16 bits per heavy atom. The maximum Gasteiger partial charge on any atom is 0.123 e. The maximum atomic E-state index is 12.6. The van der Waals surface area contributed by atoms with Gasteiger partial charge in [-0.2, -0.15) is 0 Å². The van der Waals surface area contributed by atoms with Crippen molar-refractivity contribution in [3.05, 3.63) is 121 Å². The maximum absolute atomic E-state index is 12.6. The highest BCUT2D eigenvalue weighted by atomic mass is 31.2. The van der Waals surface area contributed by atoms with Crippen molar-refractivity contribution in [1.29, 1.82) is 0 Å². The molecule has 0 aromatic heterocycles. The number of halogens is 1. The first kappa shape index (κ1) is 21.3. The highest BCUT2D eigenvalue weighted by Gasteiger charge is 2.45. The molecule has 0 amide bonds. The lowest BCUT2D eigenvalue weighted by Gasteiger charge is -2.28. The van der Waals surface area contributed by atoms with E-state index < -0.39 is 7.26 Å². The number of rotatable bonds is 9. The second kappa shape index (κ2) is 10.4. The smallest absolute Gasteiger partial charge is 0.123 e. The second-order valence-corrected chi connectivity index (χ2v) is 11.0. The standard InChI is InChI=1S/C28H27FOP/c29-20-11-21-30-25-14-10-19-28(22-25)31(26-15-6-2-7-16-26,27-17-8-3-9-18-27)23-24-12-4-1-5-13-24/h1-10,12-19,22H,11,20-21,23H2/q+1. The number of benzene rings is 4. The predicted molar refractivity (Wildman–Crippen MR) is 131 cm³/mol. The van der Waals surface area contributed by atoms with Crippen molar-refractivity contribution in [1.82, 2.24) is 0 Å². The highest BCUT2D eigenvalue weighted by molar-refractivity contribution is 7.95. The fraction of sp³-hybridized carbons (Fsp3) is 0.143. The first-order chi connectivity index (χ1) is 15.3. The minimum absolute atomic E-state index is 0.362. The van der Waals surface area contributed by atoms with Crippen LogP contribution in [0.1, 0.15) is 12.0 Å². The molecule has 0 N–H and O–H groups in total. The van der Waals surface area contributed by atoms with E-state index in [0.717, 1.165) is 11.9 Å². The first-order valence-corrected chi connectivity index (χ1v) is 12.6. The van der Waals surface area contributed by atoms with Crippen molar-refractivity contribution in [2.45, 2.75) is 12.6 Å². The van der Waals surface area contributed by atoms with E-state index in [1.807, 2.05) is 6.07 Å². The van der Waals surface area contributed by atoms with E-state index in [0.29, 0.717) is 13.0 Å². The van der Waals surface area contributed by atoms with E-state index >= 15 is 0 Å². The Morgan fingerprint density at radius 3 is 1.74 bits per heavy atom. The summed E-state index contributed by atoms with van der Waals surface area (Å²) in [4.78, 5) is 0. The topological polar surface area (TPSA) is 9.23 Å². The molecular formula is C28H27FOP+. The lowest BCUT2D eigenvalue weighted by Crippen LogP contribution is -2.32. The molecule has 4 aromatic rings. The summed E-state index contributed by atoms with van der Waals surface area (Å²) in [5.74, 6) is 0.801. The van der Waals surface area contributed by atoms with Crippen LogP contribution in [0, 0.1) is 0 Å². The Kier molecular flexibility index (Phi) is 7.12. The Labute approximate surface area is 184 Å². The molecule has 0 aliphatic rings. The van der Waals surface area contributed by atoms with Crippen LogP contribution in [0.15, 0.2) is 115 Å². The minimum Gasteiger partial charge on any atom is -0.493 e. The fourth-order valence-corrected chi connectivity index (χ4v) is 8.25. The Morgan fingerprint density at radius 1 is 0.613 bits per heavy atom. The van der Waals surface area contributed by atoms with Crippen molar-refractivity contribution in [3.8, 4) is 5.75 Å². The summed E-state index contributed by atoms with van der Waals surface area (Å²) in [5, 5.41) is 3.95. The second-order valence-electron chi connectivity index (χ2n) is 7.51. The van der Waals surface area contributed by atoms with Gasteiger partial charge >= 0.3 is 0 Å². The summed E-state index contributed by atoms with van der Waals surface area (Å²) >= 11 is 0. The van der Waals surface area contributed by atoms with Crippen molar-refractivity contribution >= 4 is 23.2 Å². The number of hydrogen-bond acceptors (Lipinski definition) is 1. The molecule has 0 radical (unpaired) electrons. The van der Waals surface area contributed by atoms with Gasteiger partial charge in [-0.05, 0) is 42.0 Å². The zero-order valence-electron chi connectivity index (χ0n) is 17.5. The van der Waals surface area contributed by atoms with Crippen LogP contribution in [0.25, 0.3) is 0 Å². The van der Waals surface area contributed by atoms with Gasteiger partial charge in [0.15, 0.2) is 0 Å². The summed E-state index contributed by atoms with van der Waals surface area (Å²) in [6, 6.07) is 40.8. The monoisotopic (exact) mass is 429 g/mol. The molecule has 3 heteroatoms. The van der Waals surface area contributed by atoms with Gasteiger partial charge in [0.25, 0.3) is 0 Å². The third kappa shape index (κ3) is 4.86. The molecule has 0 spiro atoms. The van der Waals surface area contributed by atoms with Crippen LogP contribution in [-0.4, -0.2) is 13.3 Å². The average Bonchev–Trinajstić information content (AvgIpc) is 2.85. The first-order valence-electron chi connectivity index (χ1n) is 10.7. The number of hydrogen-bond donors (Lipinski definition) is 0. The third-order valence-electron chi connectivity index (χ3n) is 5.46. The molecule has 4 rings (SSSR count). The normalized spacial score (nSPS) is 11.3. The Balaban J connectivity index is 1.90. The molecule has 4 aromatic carbocycles. The SMILES string of the molecule is FCCCOc1cccc([P+](Cc2ccccc2)(c2ccccc2)c2ccccc2)c1. The van der Waals surface area contributed by atoms with Crippen molar-refractivity contribution in [3.63, 3.8) is 0 Å². The van der Waals surface area contributed by atoms with Gasteiger partial charge in [0.2, 0.25) is 0 Å². The number of ether oxygens (including phenoxy) is 1. The van der Waals surface area contributed by atoms with E-state index in [2.05, 4.69) is 109 Å². The van der Waals surface area contributed by atoms with Crippen LogP contribution < -0.4 is 20.7 Å². The molecular weight excluding hydrogens is 402 g/mol. The summed E-state index contributed by atoms with van der Waals surface area (Å²) in [6.07, 6.45) is 1.34. The Bertz CT molecular complexity index is 1030. The molecule has 31 heavy (non-hydrogen) atoms. The van der Waals surface area contributed by atoms with Crippen molar-refractivity contribution in [2.24, 2.45) is 0 Å². The fourth-order valence-electron chi connectivity index (χ4n) is 4.00. The summed E-state index contributed by atoms with van der Waals surface area (Å²) in [7, 11) is -2.00. The zero-order valence-corrected chi connectivity index (χ0v) is 18.4. The van der Waals surface area contributed by atoms with Crippen LogP contribution in [0.4, 0.5) is 4.39 Å². The van der Waals surface area contributed by atoms with Crippen molar-refractivity contribution < 1.29 is 9.13 Å². The molecule has 0 atom stereocenters. The molecule has 0 aliphatic carbocycles. The minimum atomic E-state index is -2.00. The van der Waals surface area contributed by atoms with Gasteiger partial charge in [-0.25, -0.2) is 0 Å². The van der Waals surface area contributed by atoms with Crippen LogP contribution in [0.5, 0.6) is 5.75 Å². The molecule has 0 saturated carbocycles. The molecule has 0 heterocycles. The lowest BCUT2D eigenvalue weighted by atomic mass is 10.2. The van der Waals surface area contributed by atoms with Gasteiger partial charge in [-0.1, -0.05) is 72.8 Å². The molecule has 0 unspecified atom stereocenters. The average molecular weight is 429 g/mol. The number of alkyl halides is 1. The highest BCUT2D eigenvalue weighted by Crippen LogP contribution is 2.58. The molecule has 0 bridgehead atoms. The van der Waals surface area contributed by atoms with Crippen molar-refractivity contribution in [2.75, 3.05) is 13.3 Å². The van der Waals surface area contributed by atoms with Crippen LogP contribution >= 0.6 is 7.26 Å². The van der Waals surface area contributed by atoms with Gasteiger partial charge in [-0.15, -0.1) is 0 Å². The van der Waals surface area contributed by atoms with Gasteiger partial charge in [0, 0.05) is 12.5 Å². The summed E-state index contributed by atoms with van der Waals surface area (Å²) in [6.45, 7) is 0.0272. The zero-order chi connectivity index (χ0) is 21.4.